The van der Waals surface area contributed by atoms with E-state index in [-0.39, 0.29) is 31.3 Å². The number of hydrogen-bond acceptors (Lipinski definition) is 3. The molecule has 1 aliphatic rings. The molecular weight excluding hydrogens is 373 g/mol. The topological polar surface area (TPSA) is 74.4 Å². The number of carbonyl (C=O) groups is 2. The fourth-order valence-electron chi connectivity index (χ4n) is 3.60. The van der Waals surface area contributed by atoms with E-state index in [4.69, 9.17) is 4.74 Å². The lowest BCUT2D eigenvalue weighted by atomic mass is 10.0. The van der Waals surface area contributed by atoms with Crippen molar-refractivity contribution in [2.45, 2.75) is 26.0 Å². The van der Waals surface area contributed by atoms with E-state index < -0.39 is 6.09 Å². The molecule has 150 valence electrons. The number of alkyl carbamates (subject to hydrolysis) is 1. The maximum Gasteiger partial charge on any atom is 0.407 e. The molecule has 6 nitrogen and oxygen atoms in total. The number of aromatic nitrogens is 1. The van der Waals surface area contributed by atoms with Crippen molar-refractivity contribution in [1.29, 1.82) is 0 Å². The van der Waals surface area contributed by atoms with E-state index in [0.717, 1.165) is 27.7 Å². The number of benzene rings is 2. The van der Waals surface area contributed by atoms with E-state index in [1.54, 1.807) is 11.0 Å². The Bertz CT molecular complexity index is 1030. The van der Waals surface area contributed by atoms with Crippen LogP contribution in [0.3, 0.4) is 0 Å². The molecule has 0 saturated heterocycles. The lowest BCUT2D eigenvalue weighted by molar-refractivity contribution is -0.131. The first-order valence-corrected chi connectivity index (χ1v) is 9.61. The summed E-state index contributed by atoms with van der Waals surface area (Å²) >= 11 is 0. The molecule has 1 aromatic heterocycles. The minimum absolute atomic E-state index is 0.0511. The first-order valence-electron chi connectivity index (χ1n) is 9.61. The zero-order valence-electron chi connectivity index (χ0n) is 15.9. The van der Waals surface area contributed by atoms with Crippen LogP contribution >= 0.6 is 0 Å². The van der Waals surface area contributed by atoms with E-state index in [1.807, 2.05) is 30.3 Å². The summed E-state index contributed by atoms with van der Waals surface area (Å²) in [5.74, 6) is -0.342. The molecule has 0 aliphatic carbocycles. The molecule has 7 heteroatoms. The Labute approximate surface area is 167 Å². The fourth-order valence-corrected chi connectivity index (χ4v) is 3.60. The van der Waals surface area contributed by atoms with Crippen molar-refractivity contribution in [3.63, 3.8) is 0 Å². The lowest BCUT2D eigenvalue weighted by Gasteiger charge is -2.27. The third-order valence-electron chi connectivity index (χ3n) is 5.11. The largest absolute Gasteiger partial charge is 0.445 e. The normalized spacial score (nSPS) is 13.2. The molecule has 2 heterocycles. The van der Waals surface area contributed by atoms with Crippen LogP contribution in [0.15, 0.2) is 48.5 Å². The van der Waals surface area contributed by atoms with Gasteiger partial charge in [0, 0.05) is 54.6 Å². The van der Waals surface area contributed by atoms with E-state index >= 15 is 0 Å². The highest BCUT2D eigenvalue weighted by molar-refractivity contribution is 5.86. The van der Waals surface area contributed by atoms with Gasteiger partial charge in [-0.1, -0.05) is 30.3 Å². The molecule has 4 rings (SSSR count). The zero-order valence-corrected chi connectivity index (χ0v) is 15.9. The van der Waals surface area contributed by atoms with E-state index in [0.29, 0.717) is 19.5 Å². The monoisotopic (exact) mass is 395 g/mol. The van der Waals surface area contributed by atoms with Crippen molar-refractivity contribution < 1.29 is 18.7 Å². The number of H-pyrrole nitrogens is 1. The molecule has 0 atom stereocenters. The average molecular weight is 395 g/mol. The number of nitrogens with zero attached hydrogens (tertiary/aromatic N) is 1. The summed E-state index contributed by atoms with van der Waals surface area (Å²) in [6.07, 6.45) is 0.339. The summed E-state index contributed by atoms with van der Waals surface area (Å²) in [7, 11) is 0. The molecule has 0 fully saturated rings. The standard InChI is InChI=1S/C22H22FN3O3/c23-16-6-7-19-17(12-16)18-13-26(11-9-20(18)25-19)21(27)8-10-24-22(28)29-14-15-4-2-1-3-5-15/h1-7,12,25H,8-11,13-14H2,(H,24,28). The number of aromatic amines is 1. The van der Waals surface area contributed by atoms with Crippen molar-refractivity contribution in [1.82, 2.24) is 15.2 Å². The molecule has 2 aromatic carbocycles. The van der Waals surface area contributed by atoms with Gasteiger partial charge in [-0.3, -0.25) is 4.79 Å². The van der Waals surface area contributed by atoms with Crippen molar-refractivity contribution in [3.8, 4) is 0 Å². The van der Waals surface area contributed by atoms with Crippen LogP contribution < -0.4 is 5.32 Å². The third-order valence-corrected chi connectivity index (χ3v) is 5.11. The predicted molar refractivity (Wildman–Crippen MR) is 107 cm³/mol. The molecule has 2 amide bonds. The maximum atomic E-state index is 13.6. The Hall–Kier alpha value is -3.35. The SMILES string of the molecule is O=C(NCCC(=O)N1CCc2[nH]c3ccc(F)cc3c2C1)OCc1ccccc1. The van der Waals surface area contributed by atoms with E-state index in [9.17, 15) is 14.0 Å². The Balaban J connectivity index is 1.27. The fraction of sp³-hybridized carbons (Fsp3) is 0.273. The first kappa shape index (κ1) is 19.0. The van der Waals surface area contributed by atoms with Crippen molar-refractivity contribution in [2.24, 2.45) is 0 Å². The Morgan fingerprint density at radius 3 is 2.83 bits per heavy atom. The number of amides is 2. The van der Waals surface area contributed by atoms with Gasteiger partial charge < -0.3 is 19.9 Å². The number of carbonyl (C=O) groups excluding carboxylic acids is 2. The highest BCUT2D eigenvalue weighted by Crippen LogP contribution is 2.28. The van der Waals surface area contributed by atoms with Gasteiger partial charge in [-0.25, -0.2) is 9.18 Å². The van der Waals surface area contributed by atoms with E-state index in [2.05, 4.69) is 10.3 Å². The van der Waals surface area contributed by atoms with Gasteiger partial charge in [-0.05, 0) is 23.8 Å². The number of ether oxygens (including phenoxy) is 1. The molecule has 1 aliphatic heterocycles. The minimum atomic E-state index is -0.547. The molecule has 29 heavy (non-hydrogen) atoms. The van der Waals surface area contributed by atoms with Crippen molar-refractivity contribution >= 4 is 22.9 Å². The third kappa shape index (κ3) is 4.39. The van der Waals surface area contributed by atoms with Gasteiger partial charge in [-0.2, -0.15) is 0 Å². The minimum Gasteiger partial charge on any atom is -0.445 e. The van der Waals surface area contributed by atoms with E-state index in [1.165, 1.54) is 12.1 Å². The van der Waals surface area contributed by atoms with Gasteiger partial charge in [0.15, 0.2) is 0 Å². The summed E-state index contributed by atoms with van der Waals surface area (Å²) < 4.78 is 18.7. The number of fused-ring (bicyclic) bond motifs is 3. The Morgan fingerprint density at radius 2 is 2.00 bits per heavy atom. The molecule has 0 saturated carbocycles. The number of rotatable bonds is 5. The maximum absolute atomic E-state index is 13.6. The van der Waals surface area contributed by atoms with Gasteiger partial charge in [0.25, 0.3) is 0 Å². The van der Waals surface area contributed by atoms with Crippen LogP contribution in [0.5, 0.6) is 0 Å². The molecule has 0 spiro atoms. The van der Waals surface area contributed by atoms with Crippen LogP contribution in [0.1, 0.15) is 23.2 Å². The second-order valence-electron chi connectivity index (χ2n) is 7.08. The Kier molecular flexibility index (Phi) is 5.46. The van der Waals surface area contributed by atoms with Crippen LogP contribution in [0.4, 0.5) is 9.18 Å². The highest BCUT2D eigenvalue weighted by atomic mass is 19.1. The van der Waals surface area contributed by atoms with Crippen LogP contribution in [-0.4, -0.2) is 35.0 Å². The summed E-state index contributed by atoms with van der Waals surface area (Å²) in [6.45, 7) is 1.43. The van der Waals surface area contributed by atoms with Gasteiger partial charge in [-0.15, -0.1) is 0 Å². The smallest absolute Gasteiger partial charge is 0.407 e. The molecule has 3 aromatic rings. The average Bonchev–Trinajstić information content (AvgIpc) is 3.10. The highest BCUT2D eigenvalue weighted by Gasteiger charge is 2.24. The quantitative estimate of drug-likeness (QED) is 0.694. The molecular formula is C22H22FN3O3. The van der Waals surface area contributed by atoms with Crippen molar-refractivity contribution in [3.05, 3.63) is 71.2 Å². The lowest BCUT2D eigenvalue weighted by Crippen LogP contribution is -2.38. The van der Waals surface area contributed by atoms with Crippen molar-refractivity contribution in [2.75, 3.05) is 13.1 Å². The molecule has 0 unspecified atom stereocenters. The summed E-state index contributed by atoms with van der Waals surface area (Å²) in [4.78, 5) is 29.4. The summed E-state index contributed by atoms with van der Waals surface area (Å²) in [6, 6.07) is 14.0. The second kappa shape index (κ2) is 8.34. The van der Waals surface area contributed by atoms with Crippen LogP contribution in [0, 0.1) is 5.82 Å². The molecule has 2 N–H and O–H groups in total. The molecule has 0 bridgehead atoms. The van der Waals surface area contributed by atoms with Gasteiger partial charge in [0.1, 0.15) is 12.4 Å². The van der Waals surface area contributed by atoms with Crippen LogP contribution in [0.2, 0.25) is 0 Å². The van der Waals surface area contributed by atoms with Gasteiger partial charge in [0.2, 0.25) is 5.91 Å². The zero-order chi connectivity index (χ0) is 20.2. The summed E-state index contributed by atoms with van der Waals surface area (Å²) in [5, 5.41) is 3.43. The number of halogens is 1. The van der Waals surface area contributed by atoms with Crippen LogP contribution in [-0.2, 0) is 29.1 Å². The first-order chi connectivity index (χ1) is 14.1. The summed E-state index contributed by atoms with van der Waals surface area (Å²) in [5.41, 5.74) is 3.80. The van der Waals surface area contributed by atoms with Crippen LogP contribution in [0.25, 0.3) is 10.9 Å². The number of hydrogen-bond donors (Lipinski definition) is 2. The van der Waals surface area contributed by atoms with Gasteiger partial charge >= 0.3 is 6.09 Å². The number of nitrogens with one attached hydrogen (secondary N) is 2. The molecule has 0 radical (unpaired) electrons. The predicted octanol–water partition coefficient (Wildman–Crippen LogP) is 3.51. The second-order valence-corrected chi connectivity index (χ2v) is 7.08. The van der Waals surface area contributed by atoms with Gasteiger partial charge in [0.05, 0.1) is 0 Å². The Morgan fingerprint density at radius 1 is 1.17 bits per heavy atom.